The SMILES string of the molecule is O=C(CCSc1ccccc1Cl)NCCc1nncn1C1CC1. The van der Waals surface area contributed by atoms with Crippen molar-refractivity contribution in [3.8, 4) is 0 Å². The fraction of sp³-hybridized carbons (Fsp3) is 0.438. The van der Waals surface area contributed by atoms with E-state index in [0.717, 1.165) is 22.2 Å². The third-order valence-electron chi connectivity index (χ3n) is 3.68. The van der Waals surface area contributed by atoms with Crippen LogP contribution in [-0.4, -0.2) is 33.0 Å². The van der Waals surface area contributed by atoms with Crippen molar-refractivity contribution in [3.05, 3.63) is 41.4 Å². The van der Waals surface area contributed by atoms with Gasteiger partial charge in [-0.1, -0.05) is 23.7 Å². The molecule has 0 bridgehead atoms. The van der Waals surface area contributed by atoms with Crippen molar-refractivity contribution < 1.29 is 4.79 Å². The van der Waals surface area contributed by atoms with Gasteiger partial charge in [0.2, 0.25) is 5.91 Å². The monoisotopic (exact) mass is 350 g/mol. The second-order valence-electron chi connectivity index (χ2n) is 5.51. The van der Waals surface area contributed by atoms with Crippen LogP contribution in [0.1, 0.15) is 31.1 Å². The van der Waals surface area contributed by atoms with Crippen molar-refractivity contribution in [3.63, 3.8) is 0 Å². The van der Waals surface area contributed by atoms with Gasteiger partial charge in [0.15, 0.2) is 0 Å². The number of benzene rings is 1. The molecule has 1 aromatic heterocycles. The Morgan fingerprint density at radius 3 is 3.00 bits per heavy atom. The Morgan fingerprint density at radius 2 is 2.22 bits per heavy atom. The average molecular weight is 351 g/mol. The Morgan fingerprint density at radius 1 is 1.39 bits per heavy atom. The van der Waals surface area contributed by atoms with Crippen LogP contribution in [0.25, 0.3) is 0 Å². The molecule has 0 spiro atoms. The lowest BCUT2D eigenvalue weighted by molar-refractivity contribution is -0.120. The molecular weight excluding hydrogens is 332 g/mol. The maximum Gasteiger partial charge on any atom is 0.220 e. The molecule has 1 aromatic carbocycles. The molecule has 1 aliphatic carbocycles. The largest absolute Gasteiger partial charge is 0.356 e. The normalized spacial score (nSPS) is 14.0. The number of rotatable bonds is 8. The zero-order chi connectivity index (χ0) is 16.1. The molecule has 0 radical (unpaired) electrons. The van der Waals surface area contributed by atoms with E-state index in [9.17, 15) is 4.79 Å². The van der Waals surface area contributed by atoms with Gasteiger partial charge in [-0.2, -0.15) is 0 Å². The lowest BCUT2D eigenvalue weighted by Gasteiger charge is -2.07. The quantitative estimate of drug-likeness (QED) is 0.743. The van der Waals surface area contributed by atoms with Gasteiger partial charge in [0.1, 0.15) is 12.2 Å². The lowest BCUT2D eigenvalue weighted by Crippen LogP contribution is -2.26. The lowest BCUT2D eigenvalue weighted by atomic mass is 10.3. The molecule has 1 fully saturated rings. The molecule has 2 aromatic rings. The third-order valence-corrected chi connectivity index (χ3v) is 5.20. The third kappa shape index (κ3) is 4.72. The average Bonchev–Trinajstić information content (AvgIpc) is 3.28. The van der Waals surface area contributed by atoms with E-state index >= 15 is 0 Å². The highest BCUT2D eigenvalue weighted by Crippen LogP contribution is 2.35. The second kappa shape index (κ2) is 7.84. The summed E-state index contributed by atoms with van der Waals surface area (Å²) in [6.07, 6.45) is 5.40. The van der Waals surface area contributed by atoms with Gasteiger partial charge in [-0.05, 0) is 25.0 Å². The molecule has 23 heavy (non-hydrogen) atoms. The first-order chi connectivity index (χ1) is 11.2. The van der Waals surface area contributed by atoms with E-state index < -0.39 is 0 Å². The van der Waals surface area contributed by atoms with Crippen LogP contribution in [-0.2, 0) is 11.2 Å². The molecule has 0 aliphatic heterocycles. The molecular formula is C16H19ClN4OS. The van der Waals surface area contributed by atoms with Crippen LogP contribution in [0.15, 0.2) is 35.5 Å². The zero-order valence-electron chi connectivity index (χ0n) is 12.7. The van der Waals surface area contributed by atoms with Crippen LogP contribution >= 0.6 is 23.4 Å². The fourth-order valence-corrected chi connectivity index (χ4v) is 3.51. The van der Waals surface area contributed by atoms with Crippen LogP contribution in [0.4, 0.5) is 0 Å². The number of nitrogens with zero attached hydrogens (tertiary/aromatic N) is 3. The first kappa shape index (κ1) is 16.3. The van der Waals surface area contributed by atoms with Crippen LogP contribution < -0.4 is 5.32 Å². The van der Waals surface area contributed by atoms with E-state index in [1.165, 1.54) is 12.8 Å². The summed E-state index contributed by atoms with van der Waals surface area (Å²) in [4.78, 5) is 12.9. The van der Waals surface area contributed by atoms with E-state index in [-0.39, 0.29) is 5.91 Å². The van der Waals surface area contributed by atoms with Gasteiger partial charge in [-0.25, -0.2) is 0 Å². The number of aromatic nitrogens is 3. The van der Waals surface area contributed by atoms with Crippen LogP contribution in [0.2, 0.25) is 5.02 Å². The van der Waals surface area contributed by atoms with Crippen molar-refractivity contribution >= 4 is 29.3 Å². The summed E-state index contributed by atoms with van der Waals surface area (Å²) in [7, 11) is 0. The van der Waals surface area contributed by atoms with Gasteiger partial charge >= 0.3 is 0 Å². The van der Waals surface area contributed by atoms with Gasteiger partial charge in [0.25, 0.3) is 0 Å². The maximum atomic E-state index is 11.9. The summed E-state index contributed by atoms with van der Waals surface area (Å²) < 4.78 is 2.12. The summed E-state index contributed by atoms with van der Waals surface area (Å²) >= 11 is 7.69. The number of hydrogen-bond donors (Lipinski definition) is 1. The smallest absolute Gasteiger partial charge is 0.220 e. The summed E-state index contributed by atoms with van der Waals surface area (Å²) in [5, 5.41) is 11.8. The summed E-state index contributed by atoms with van der Waals surface area (Å²) in [5.74, 6) is 1.73. The number of carbonyl (C=O) groups is 1. The van der Waals surface area contributed by atoms with Crippen molar-refractivity contribution in [1.82, 2.24) is 20.1 Å². The van der Waals surface area contributed by atoms with Crippen LogP contribution in [0, 0.1) is 0 Å². The highest BCUT2D eigenvalue weighted by Gasteiger charge is 2.25. The summed E-state index contributed by atoms with van der Waals surface area (Å²) in [5.41, 5.74) is 0. The number of halogens is 1. The van der Waals surface area contributed by atoms with Gasteiger partial charge in [0, 0.05) is 36.1 Å². The molecule has 1 saturated carbocycles. The van der Waals surface area contributed by atoms with E-state index in [0.29, 0.717) is 24.8 Å². The zero-order valence-corrected chi connectivity index (χ0v) is 14.3. The number of amides is 1. The predicted molar refractivity (Wildman–Crippen MR) is 91.8 cm³/mol. The minimum atomic E-state index is 0.0574. The fourth-order valence-electron chi connectivity index (χ4n) is 2.32. The van der Waals surface area contributed by atoms with Crippen molar-refractivity contribution in [2.75, 3.05) is 12.3 Å². The molecule has 5 nitrogen and oxygen atoms in total. The molecule has 0 unspecified atom stereocenters. The molecule has 1 aliphatic rings. The standard InChI is InChI=1S/C16H19ClN4OS/c17-13-3-1-2-4-14(13)23-10-8-16(22)18-9-7-15-20-19-11-21(15)12-5-6-12/h1-4,11-12H,5-10H2,(H,18,22). The Kier molecular flexibility index (Phi) is 5.56. The molecule has 7 heteroatoms. The number of carbonyl (C=O) groups excluding carboxylic acids is 1. The van der Waals surface area contributed by atoms with E-state index in [1.54, 1.807) is 18.1 Å². The predicted octanol–water partition coefficient (Wildman–Crippen LogP) is 3.11. The summed E-state index contributed by atoms with van der Waals surface area (Å²) in [6, 6.07) is 8.25. The van der Waals surface area contributed by atoms with Crippen LogP contribution in [0.3, 0.4) is 0 Å². The Bertz CT molecular complexity index is 672. The number of thioether (sulfide) groups is 1. The number of hydrogen-bond acceptors (Lipinski definition) is 4. The maximum absolute atomic E-state index is 11.9. The molecule has 3 rings (SSSR count). The minimum absolute atomic E-state index is 0.0574. The second-order valence-corrected chi connectivity index (χ2v) is 7.06. The Balaban J connectivity index is 1.35. The number of nitrogens with one attached hydrogen (secondary N) is 1. The molecule has 1 heterocycles. The molecule has 1 amide bonds. The van der Waals surface area contributed by atoms with Crippen molar-refractivity contribution in [1.29, 1.82) is 0 Å². The van der Waals surface area contributed by atoms with E-state index in [1.807, 2.05) is 24.3 Å². The van der Waals surface area contributed by atoms with Gasteiger partial charge in [-0.15, -0.1) is 22.0 Å². The molecule has 122 valence electrons. The molecule has 0 saturated heterocycles. The highest BCUT2D eigenvalue weighted by atomic mass is 35.5. The van der Waals surface area contributed by atoms with Gasteiger partial charge in [0.05, 0.1) is 5.02 Å². The van der Waals surface area contributed by atoms with Gasteiger partial charge < -0.3 is 9.88 Å². The first-order valence-electron chi connectivity index (χ1n) is 7.76. The topological polar surface area (TPSA) is 59.8 Å². The van der Waals surface area contributed by atoms with Crippen molar-refractivity contribution in [2.24, 2.45) is 0 Å². The molecule has 1 N–H and O–H groups in total. The Labute approximate surface area is 144 Å². The highest BCUT2D eigenvalue weighted by molar-refractivity contribution is 7.99. The minimum Gasteiger partial charge on any atom is -0.356 e. The van der Waals surface area contributed by atoms with Crippen molar-refractivity contribution in [2.45, 2.75) is 36.6 Å². The first-order valence-corrected chi connectivity index (χ1v) is 9.13. The van der Waals surface area contributed by atoms with E-state index in [2.05, 4.69) is 20.1 Å². The van der Waals surface area contributed by atoms with Gasteiger partial charge in [-0.3, -0.25) is 4.79 Å². The molecule has 0 atom stereocenters. The van der Waals surface area contributed by atoms with E-state index in [4.69, 9.17) is 11.6 Å². The van der Waals surface area contributed by atoms with Crippen LogP contribution in [0.5, 0.6) is 0 Å². The summed E-state index contributed by atoms with van der Waals surface area (Å²) in [6.45, 7) is 0.598. The Hall–Kier alpha value is -1.53.